The molecule has 0 saturated carbocycles. The molecule has 0 radical (unpaired) electrons. The number of phenols is 1. The highest BCUT2D eigenvalue weighted by molar-refractivity contribution is 7.90. The SMILES string of the molecule is CS(=O)(=O)c1cc2cc(O)ccc2oc1=O. The lowest BCUT2D eigenvalue weighted by atomic mass is 10.2. The molecule has 0 spiro atoms. The Labute approximate surface area is 90.9 Å². The van der Waals surface area contributed by atoms with Gasteiger partial charge in [0.25, 0.3) is 0 Å². The fraction of sp³-hybridized carbons (Fsp3) is 0.100. The van der Waals surface area contributed by atoms with Crippen LogP contribution in [0.1, 0.15) is 0 Å². The summed E-state index contributed by atoms with van der Waals surface area (Å²) in [5.74, 6) is -0.0270. The summed E-state index contributed by atoms with van der Waals surface area (Å²) in [5.41, 5.74) is -0.670. The van der Waals surface area contributed by atoms with Gasteiger partial charge in [0.1, 0.15) is 11.3 Å². The lowest BCUT2D eigenvalue weighted by Gasteiger charge is -2.00. The van der Waals surface area contributed by atoms with Gasteiger partial charge in [-0.15, -0.1) is 0 Å². The van der Waals surface area contributed by atoms with Gasteiger partial charge >= 0.3 is 5.63 Å². The number of fused-ring (bicyclic) bond motifs is 1. The van der Waals surface area contributed by atoms with E-state index in [-0.39, 0.29) is 11.3 Å². The van der Waals surface area contributed by atoms with Crippen molar-refractivity contribution in [3.05, 3.63) is 34.7 Å². The highest BCUT2D eigenvalue weighted by atomic mass is 32.2. The highest BCUT2D eigenvalue weighted by Gasteiger charge is 2.15. The van der Waals surface area contributed by atoms with Crippen molar-refractivity contribution in [3.8, 4) is 5.75 Å². The summed E-state index contributed by atoms with van der Waals surface area (Å²) >= 11 is 0. The van der Waals surface area contributed by atoms with Crippen LogP contribution in [0.2, 0.25) is 0 Å². The molecule has 0 amide bonds. The summed E-state index contributed by atoms with van der Waals surface area (Å²) in [7, 11) is -3.63. The number of benzene rings is 1. The van der Waals surface area contributed by atoms with Crippen molar-refractivity contribution in [2.75, 3.05) is 6.26 Å². The zero-order valence-electron chi connectivity index (χ0n) is 8.30. The molecule has 2 aromatic rings. The second-order valence-corrected chi connectivity index (χ2v) is 5.38. The minimum Gasteiger partial charge on any atom is -0.508 e. The van der Waals surface area contributed by atoms with E-state index < -0.39 is 20.4 Å². The number of rotatable bonds is 1. The quantitative estimate of drug-likeness (QED) is 0.748. The van der Waals surface area contributed by atoms with Gasteiger partial charge in [-0.25, -0.2) is 13.2 Å². The van der Waals surface area contributed by atoms with Crippen molar-refractivity contribution in [1.82, 2.24) is 0 Å². The van der Waals surface area contributed by atoms with Crippen LogP contribution < -0.4 is 5.63 Å². The maximum Gasteiger partial charge on any atom is 0.355 e. The van der Waals surface area contributed by atoms with Gasteiger partial charge in [0.05, 0.1) is 0 Å². The van der Waals surface area contributed by atoms with Gasteiger partial charge in [-0.2, -0.15) is 0 Å². The van der Waals surface area contributed by atoms with Gasteiger partial charge in [0, 0.05) is 11.6 Å². The van der Waals surface area contributed by atoms with Crippen LogP contribution >= 0.6 is 0 Å². The molecule has 0 saturated heterocycles. The molecule has 6 heteroatoms. The average Bonchev–Trinajstić information content (AvgIpc) is 2.16. The number of phenolic OH excluding ortho intramolecular Hbond substituents is 1. The van der Waals surface area contributed by atoms with E-state index >= 15 is 0 Å². The van der Waals surface area contributed by atoms with E-state index in [0.717, 1.165) is 6.26 Å². The summed E-state index contributed by atoms with van der Waals surface area (Å²) < 4.78 is 27.3. The van der Waals surface area contributed by atoms with Crippen LogP contribution in [0.25, 0.3) is 11.0 Å². The van der Waals surface area contributed by atoms with E-state index in [0.29, 0.717) is 5.39 Å². The molecular formula is C10H8O5S. The molecule has 0 unspecified atom stereocenters. The van der Waals surface area contributed by atoms with Crippen LogP contribution in [0.5, 0.6) is 5.75 Å². The first-order valence-electron chi connectivity index (χ1n) is 4.35. The first-order valence-corrected chi connectivity index (χ1v) is 6.24. The summed E-state index contributed by atoms with van der Waals surface area (Å²) in [6.07, 6.45) is 0.924. The molecule has 0 aliphatic heterocycles. The topological polar surface area (TPSA) is 84.6 Å². The van der Waals surface area contributed by atoms with Crippen LogP contribution in [-0.2, 0) is 9.84 Å². The fourth-order valence-corrected chi connectivity index (χ4v) is 2.04. The van der Waals surface area contributed by atoms with E-state index in [1.54, 1.807) is 0 Å². The second kappa shape index (κ2) is 3.34. The monoisotopic (exact) mass is 240 g/mol. The first kappa shape index (κ1) is 10.7. The molecular weight excluding hydrogens is 232 g/mol. The normalized spacial score (nSPS) is 11.8. The van der Waals surface area contributed by atoms with E-state index in [2.05, 4.69) is 0 Å². The average molecular weight is 240 g/mol. The minimum atomic E-state index is -3.63. The lowest BCUT2D eigenvalue weighted by Crippen LogP contribution is -2.12. The van der Waals surface area contributed by atoms with Gasteiger partial charge in [0.2, 0.25) is 0 Å². The number of hydrogen-bond acceptors (Lipinski definition) is 5. The van der Waals surface area contributed by atoms with Gasteiger partial charge in [0.15, 0.2) is 14.7 Å². The van der Waals surface area contributed by atoms with Gasteiger partial charge < -0.3 is 9.52 Å². The molecule has 1 aromatic carbocycles. The Balaban J connectivity index is 2.90. The highest BCUT2D eigenvalue weighted by Crippen LogP contribution is 2.20. The maximum atomic E-state index is 11.4. The van der Waals surface area contributed by atoms with Crippen molar-refractivity contribution in [1.29, 1.82) is 0 Å². The van der Waals surface area contributed by atoms with Crippen LogP contribution in [0.15, 0.2) is 38.4 Å². The predicted molar refractivity (Wildman–Crippen MR) is 57.3 cm³/mol. The Kier molecular flexibility index (Phi) is 2.23. The van der Waals surface area contributed by atoms with Gasteiger partial charge in [-0.1, -0.05) is 0 Å². The number of hydrogen-bond donors (Lipinski definition) is 1. The van der Waals surface area contributed by atoms with Crippen LogP contribution in [-0.4, -0.2) is 19.8 Å². The molecule has 1 N–H and O–H groups in total. The molecule has 5 nitrogen and oxygen atoms in total. The van der Waals surface area contributed by atoms with Crippen LogP contribution in [0.3, 0.4) is 0 Å². The zero-order valence-corrected chi connectivity index (χ0v) is 9.11. The minimum absolute atomic E-state index is 0.0270. The predicted octanol–water partition coefficient (Wildman–Crippen LogP) is 0.902. The third-order valence-electron chi connectivity index (χ3n) is 2.08. The molecule has 0 aliphatic carbocycles. The molecule has 0 aliphatic rings. The Hall–Kier alpha value is -1.82. The smallest absolute Gasteiger partial charge is 0.355 e. The molecule has 2 rings (SSSR count). The molecule has 0 atom stereocenters. The van der Waals surface area contributed by atoms with Crippen molar-refractivity contribution in [3.63, 3.8) is 0 Å². The standard InChI is InChI=1S/C10H8O5S/c1-16(13,14)9-5-6-4-7(11)2-3-8(6)15-10(9)12/h2-5,11H,1H3. The van der Waals surface area contributed by atoms with Gasteiger partial charge in [-0.05, 0) is 24.3 Å². The third kappa shape index (κ3) is 1.79. The lowest BCUT2D eigenvalue weighted by molar-refractivity contribution is 0.474. The summed E-state index contributed by atoms with van der Waals surface area (Å²) in [4.78, 5) is 10.9. The summed E-state index contributed by atoms with van der Waals surface area (Å²) in [6, 6.07) is 5.27. The molecule has 1 heterocycles. The Morgan fingerprint density at radius 2 is 1.94 bits per heavy atom. The van der Waals surface area contributed by atoms with Crippen LogP contribution in [0.4, 0.5) is 0 Å². The molecule has 16 heavy (non-hydrogen) atoms. The Bertz CT molecular complexity index is 712. The fourth-order valence-electron chi connectivity index (χ4n) is 1.35. The summed E-state index contributed by atoms with van der Waals surface area (Å²) in [5, 5.41) is 9.59. The Morgan fingerprint density at radius 3 is 2.56 bits per heavy atom. The molecule has 84 valence electrons. The van der Waals surface area contributed by atoms with Crippen LogP contribution in [0, 0.1) is 0 Å². The molecule has 1 aromatic heterocycles. The largest absolute Gasteiger partial charge is 0.508 e. The number of aromatic hydroxyl groups is 1. The summed E-state index contributed by atoms with van der Waals surface area (Å²) in [6.45, 7) is 0. The van der Waals surface area contributed by atoms with Gasteiger partial charge in [-0.3, -0.25) is 0 Å². The maximum absolute atomic E-state index is 11.4. The zero-order chi connectivity index (χ0) is 11.9. The van der Waals surface area contributed by atoms with Crippen molar-refractivity contribution in [2.45, 2.75) is 4.90 Å². The van der Waals surface area contributed by atoms with E-state index in [9.17, 15) is 18.3 Å². The van der Waals surface area contributed by atoms with Crippen molar-refractivity contribution >= 4 is 20.8 Å². The van der Waals surface area contributed by atoms with E-state index in [1.807, 2.05) is 0 Å². The van der Waals surface area contributed by atoms with Crippen molar-refractivity contribution < 1.29 is 17.9 Å². The Morgan fingerprint density at radius 1 is 1.25 bits per heavy atom. The third-order valence-corrected chi connectivity index (χ3v) is 3.17. The van der Waals surface area contributed by atoms with E-state index in [1.165, 1.54) is 24.3 Å². The first-order chi connectivity index (χ1) is 7.38. The second-order valence-electron chi connectivity index (χ2n) is 3.39. The molecule has 0 fully saturated rings. The van der Waals surface area contributed by atoms with Crippen molar-refractivity contribution in [2.24, 2.45) is 0 Å². The number of sulfone groups is 1. The molecule has 0 bridgehead atoms. The van der Waals surface area contributed by atoms with E-state index in [4.69, 9.17) is 4.42 Å².